The molecule has 34 heavy (non-hydrogen) atoms. The highest BCUT2D eigenvalue weighted by atomic mass is 19.4. The molecule has 0 unspecified atom stereocenters. The summed E-state index contributed by atoms with van der Waals surface area (Å²) in [6, 6.07) is 18.5. The van der Waals surface area contributed by atoms with E-state index in [2.05, 4.69) is 9.97 Å². The Labute approximate surface area is 194 Å². The first-order chi connectivity index (χ1) is 16.3. The van der Waals surface area contributed by atoms with Crippen LogP contribution in [0.4, 0.5) is 13.2 Å². The fraction of sp³-hybridized carbons (Fsp3) is 0.154. The maximum Gasteiger partial charge on any atom is 0.434 e. The lowest BCUT2D eigenvalue weighted by molar-refractivity contribution is -0.140. The van der Waals surface area contributed by atoms with Crippen LogP contribution in [0, 0.1) is 6.92 Å². The molecule has 0 fully saturated rings. The van der Waals surface area contributed by atoms with Crippen molar-refractivity contribution in [1.82, 2.24) is 9.97 Å². The van der Waals surface area contributed by atoms with E-state index >= 15 is 0 Å². The molecule has 174 valence electrons. The molecule has 0 saturated carbocycles. The maximum absolute atomic E-state index is 13.9. The lowest BCUT2D eigenvalue weighted by Gasteiger charge is -2.18. The highest BCUT2D eigenvalue weighted by Crippen LogP contribution is 2.45. The fourth-order valence-electron chi connectivity index (χ4n) is 3.56. The molecule has 0 aliphatic heterocycles. The number of aromatic nitrogens is 2. The Morgan fingerprint density at radius 3 is 2.32 bits per heavy atom. The number of ether oxygens (including phenoxy) is 2. The van der Waals surface area contributed by atoms with Crippen molar-refractivity contribution in [3.63, 3.8) is 0 Å². The summed E-state index contributed by atoms with van der Waals surface area (Å²) in [6.07, 6.45) is -3.92. The Hall–Kier alpha value is -4.07. The second-order valence-electron chi connectivity index (χ2n) is 7.60. The van der Waals surface area contributed by atoms with Gasteiger partial charge in [0.2, 0.25) is 0 Å². The van der Waals surface area contributed by atoms with E-state index < -0.39 is 11.9 Å². The molecule has 0 atom stereocenters. The Morgan fingerprint density at radius 1 is 0.912 bits per heavy atom. The number of aryl methyl sites for hydroxylation is 1. The Bertz CT molecular complexity index is 1310. The largest absolute Gasteiger partial charge is 0.507 e. The van der Waals surface area contributed by atoms with E-state index in [0.29, 0.717) is 5.75 Å². The van der Waals surface area contributed by atoms with Gasteiger partial charge in [-0.05, 0) is 30.7 Å². The zero-order chi connectivity index (χ0) is 24.3. The van der Waals surface area contributed by atoms with Crippen LogP contribution >= 0.6 is 0 Å². The smallest absolute Gasteiger partial charge is 0.434 e. The van der Waals surface area contributed by atoms with Gasteiger partial charge >= 0.3 is 6.18 Å². The highest BCUT2D eigenvalue weighted by Gasteiger charge is 2.38. The van der Waals surface area contributed by atoms with E-state index in [9.17, 15) is 18.3 Å². The van der Waals surface area contributed by atoms with Gasteiger partial charge in [-0.15, -0.1) is 0 Å². The number of methoxy groups -OCH3 is 1. The number of hydrogen-bond acceptors (Lipinski definition) is 5. The summed E-state index contributed by atoms with van der Waals surface area (Å²) in [5, 5.41) is 10.7. The SMILES string of the molecule is COc1ccccc1-c1c(-c2ccc(OCc3ccc(C)cc3)cc2O)ncnc1C(F)(F)F. The highest BCUT2D eigenvalue weighted by molar-refractivity contribution is 5.87. The van der Waals surface area contributed by atoms with Crippen LogP contribution in [-0.2, 0) is 12.8 Å². The quantitative estimate of drug-likeness (QED) is 0.355. The van der Waals surface area contributed by atoms with Gasteiger partial charge in [0.05, 0.1) is 12.8 Å². The third-order valence-electron chi connectivity index (χ3n) is 5.24. The van der Waals surface area contributed by atoms with E-state index in [1.165, 1.54) is 25.3 Å². The minimum absolute atomic E-state index is 0.0746. The molecule has 1 aromatic heterocycles. The van der Waals surface area contributed by atoms with E-state index in [1.807, 2.05) is 31.2 Å². The summed E-state index contributed by atoms with van der Waals surface area (Å²) >= 11 is 0. The standard InChI is InChI=1S/C26H21F3N2O3/c1-16-7-9-17(10-8-16)14-34-18-11-12-19(21(32)13-18)24-23(20-5-3-4-6-22(20)33-2)25(26(27,28)29)31-15-30-24/h3-13,15,32H,14H2,1-2H3. The van der Waals surface area contributed by atoms with Crippen molar-refractivity contribution >= 4 is 0 Å². The van der Waals surface area contributed by atoms with Gasteiger partial charge in [0.15, 0.2) is 5.69 Å². The van der Waals surface area contributed by atoms with Crippen LogP contribution in [0.2, 0.25) is 0 Å². The summed E-state index contributed by atoms with van der Waals surface area (Å²) in [5.74, 6) is 0.316. The molecular formula is C26H21F3N2O3. The lowest BCUT2D eigenvalue weighted by Crippen LogP contribution is -2.12. The second kappa shape index (κ2) is 9.43. The topological polar surface area (TPSA) is 64.5 Å². The van der Waals surface area contributed by atoms with Crippen molar-refractivity contribution < 1.29 is 27.8 Å². The normalized spacial score (nSPS) is 11.3. The number of benzene rings is 3. The van der Waals surface area contributed by atoms with Crippen molar-refractivity contribution in [1.29, 1.82) is 0 Å². The van der Waals surface area contributed by atoms with E-state index in [1.54, 1.807) is 24.3 Å². The first-order valence-electron chi connectivity index (χ1n) is 10.3. The lowest BCUT2D eigenvalue weighted by atomic mass is 9.96. The number of aromatic hydroxyl groups is 1. The van der Waals surface area contributed by atoms with E-state index in [4.69, 9.17) is 9.47 Å². The average molecular weight is 466 g/mol. The van der Waals surface area contributed by atoms with E-state index in [-0.39, 0.29) is 40.5 Å². The third-order valence-corrected chi connectivity index (χ3v) is 5.24. The predicted octanol–water partition coefficient (Wildman–Crippen LogP) is 6.43. The molecular weight excluding hydrogens is 445 g/mol. The van der Waals surface area contributed by atoms with Crippen molar-refractivity contribution in [2.45, 2.75) is 19.7 Å². The van der Waals surface area contributed by atoms with Crippen LogP contribution < -0.4 is 9.47 Å². The Kier molecular flexibility index (Phi) is 6.40. The summed E-state index contributed by atoms with van der Waals surface area (Å²) < 4.78 is 52.7. The molecule has 0 bridgehead atoms. The Morgan fingerprint density at radius 2 is 1.65 bits per heavy atom. The number of para-hydroxylation sites is 1. The molecule has 0 amide bonds. The van der Waals surface area contributed by atoms with E-state index in [0.717, 1.165) is 17.5 Å². The number of nitrogens with zero attached hydrogens (tertiary/aromatic N) is 2. The molecule has 4 aromatic rings. The predicted molar refractivity (Wildman–Crippen MR) is 122 cm³/mol. The molecule has 5 nitrogen and oxygen atoms in total. The second-order valence-corrected chi connectivity index (χ2v) is 7.60. The van der Waals surface area contributed by atoms with Gasteiger partial charge in [-0.1, -0.05) is 48.0 Å². The van der Waals surface area contributed by atoms with Crippen LogP contribution in [0.15, 0.2) is 73.1 Å². The first-order valence-corrected chi connectivity index (χ1v) is 10.3. The van der Waals surface area contributed by atoms with Crippen molar-refractivity contribution in [3.8, 4) is 39.6 Å². The first kappa shape index (κ1) is 23.1. The molecule has 8 heteroatoms. The third kappa shape index (κ3) is 4.80. The van der Waals surface area contributed by atoms with Crippen LogP contribution in [0.3, 0.4) is 0 Å². The summed E-state index contributed by atoms with van der Waals surface area (Å²) in [5.41, 5.74) is 0.855. The maximum atomic E-state index is 13.9. The number of hydrogen-bond donors (Lipinski definition) is 1. The zero-order valence-electron chi connectivity index (χ0n) is 18.4. The number of alkyl halides is 3. The van der Waals surface area contributed by atoms with Gasteiger partial charge in [0, 0.05) is 22.8 Å². The van der Waals surface area contributed by atoms with Crippen molar-refractivity contribution in [2.75, 3.05) is 7.11 Å². The molecule has 0 aliphatic rings. The van der Waals surface area contributed by atoms with Crippen molar-refractivity contribution in [2.24, 2.45) is 0 Å². The fourth-order valence-corrected chi connectivity index (χ4v) is 3.56. The minimum Gasteiger partial charge on any atom is -0.507 e. The van der Waals surface area contributed by atoms with Crippen LogP contribution in [0.1, 0.15) is 16.8 Å². The monoisotopic (exact) mass is 466 g/mol. The van der Waals surface area contributed by atoms with Gasteiger partial charge in [-0.2, -0.15) is 13.2 Å². The summed E-state index contributed by atoms with van der Waals surface area (Å²) in [7, 11) is 1.37. The van der Waals surface area contributed by atoms with Crippen LogP contribution in [-0.4, -0.2) is 22.2 Å². The Balaban J connectivity index is 1.76. The van der Waals surface area contributed by atoms with Gasteiger partial charge in [0.25, 0.3) is 0 Å². The van der Waals surface area contributed by atoms with Crippen LogP contribution in [0.5, 0.6) is 17.2 Å². The molecule has 1 heterocycles. The molecule has 1 N–H and O–H groups in total. The molecule has 3 aromatic carbocycles. The zero-order valence-corrected chi connectivity index (χ0v) is 18.4. The van der Waals surface area contributed by atoms with Crippen molar-refractivity contribution in [3.05, 3.63) is 89.9 Å². The molecule has 0 aliphatic carbocycles. The summed E-state index contributed by atoms with van der Waals surface area (Å²) in [6.45, 7) is 2.26. The number of phenols is 1. The molecule has 0 radical (unpaired) electrons. The van der Waals surface area contributed by atoms with Gasteiger partial charge in [-0.25, -0.2) is 9.97 Å². The minimum atomic E-state index is -4.75. The molecule has 4 rings (SSSR count). The number of halogens is 3. The van der Waals surface area contributed by atoms with Gasteiger partial charge in [-0.3, -0.25) is 0 Å². The van der Waals surface area contributed by atoms with Gasteiger partial charge < -0.3 is 14.6 Å². The summed E-state index contributed by atoms with van der Waals surface area (Å²) in [4.78, 5) is 7.61. The molecule has 0 spiro atoms. The number of phenolic OH excluding ortho intramolecular Hbond substituents is 1. The van der Waals surface area contributed by atoms with Gasteiger partial charge in [0.1, 0.15) is 30.2 Å². The number of rotatable bonds is 6. The molecule has 0 saturated heterocycles. The van der Waals surface area contributed by atoms with Crippen LogP contribution in [0.25, 0.3) is 22.4 Å². The average Bonchev–Trinajstić information content (AvgIpc) is 2.83.